The maximum atomic E-state index is 13.6. The third-order valence-electron chi connectivity index (χ3n) is 6.16. The number of aryl methyl sites for hydroxylation is 3. The Kier molecular flexibility index (Phi) is 6.52. The third kappa shape index (κ3) is 4.48. The van der Waals surface area contributed by atoms with Gasteiger partial charge in [-0.25, -0.2) is 4.39 Å². The molecule has 0 unspecified atom stereocenters. The number of rotatable bonds is 8. The molecule has 1 amide bonds. The molecule has 0 spiro atoms. The van der Waals surface area contributed by atoms with E-state index in [4.69, 9.17) is 18.2 Å². The Morgan fingerprint density at radius 3 is 2.49 bits per heavy atom. The molecule has 0 fully saturated rings. The van der Waals surface area contributed by atoms with Crippen molar-refractivity contribution < 1.29 is 27.4 Å². The van der Waals surface area contributed by atoms with Crippen LogP contribution in [0.3, 0.4) is 0 Å². The molecule has 37 heavy (non-hydrogen) atoms. The molecule has 0 bridgehead atoms. The van der Waals surface area contributed by atoms with E-state index >= 15 is 0 Å². The van der Waals surface area contributed by atoms with Crippen LogP contribution in [0, 0.1) is 12.7 Å². The van der Waals surface area contributed by atoms with Crippen LogP contribution in [-0.2, 0) is 19.4 Å². The maximum Gasteiger partial charge on any atom is 0.255 e. The Balaban J connectivity index is 1.74. The lowest BCUT2D eigenvalue weighted by atomic mass is 9.97. The summed E-state index contributed by atoms with van der Waals surface area (Å²) in [5.74, 6) is 1.52. The van der Waals surface area contributed by atoms with Gasteiger partial charge in [-0.05, 0) is 49.7 Å². The van der Waals surface area contributed by atoms with Crippen molar-refractivity contribution in [3.05, 3.63) is 76.8 Å². The number of hydrogen-bond acceptors (Lipinski definition) is 7. The van der Waals surface area contributed by atoms with Gasteiger partial charge in [-0.2, -0.15) is 0 Å². The van der Waals surface area contributed by atoms with E-state index in [1.807, 2.05) is 26.8 Å². The molecule has 0 aliphatic carbocycles. The molecule has 3 aromatic heterocycles. The number of ether oxygens (including phenoxy) is 1. The highest BCUT2D eigenvalue weighted by atomic mass is 19.1. The van der Waals surface area contributed by atoms with E-state index in [1.165, 1.54) is 12.1 Å². The van der Waals surface area contributed by atoms with Crippen molar-refractivity contribution in [1.82, 2.24) is 15.6 Å². The summed E-state index contributed by atoms with van der Waals surface area (Å²) in [5.41, 5.74) is 4.36. The fourth-order valence-corrected chi connectivity index (χ4v) is 4.38. The molecular weight excluding hydrogens is 477 g/mol. The summed E-state index contributed by atoms with van der Waals surface area (Å²) >= 11 is 0. The van der Waals surface area contributed by atoms with E-state index in [1.54, 1.807) is 31.3 Å². The summed E-state index contributed by atoms with van der Waals surface area (Å²) in [6.45, 7) is 5.96. The summed E-state index contributed by atoms with van der Waals surface area (Å²) in [6.07, 6.45) is 1.28. The minimum absolute atomic E-state index is 0.155. The van der Waals surface area contributed by atoms with Crippen LogP contribution in [0.25, 0.3) is 33.4 Å². The normalized spacial score (nSPS) is 11.3. The fraction of sp³-hybridized carbons (Fsp3) is 0.250. The zero-order valence-electron chi connectivity index (χ0n) is 21.0. The second-order valence-electron chi connectivity index (χ2n) is 8.59. The highest BCUT2D eigenvalue weighted by Crippen LogP contribution is 2.43. The van der Waals surface area contributed by atoms with Gasteiger partial charge in [-0.1, -0.05) is 24.2 Å². The summed E-state index contributed by atoms with van der Waals surface area (Å²) in [6, 6.07) is 11.2. The van der Waals surface area contributed by atoms with Gasteiger partial charge >= 0.3 is 0 Å². The van der Waals surface area contributed by atoms with Crippen molar-refractivity contribution in [2.45, 2.75) is 40.2 Å². The molecule has 8 nitrogen and oxygen atoms in total. The van der Waals surface area contributed by atoms with Crippen LogP contribution < -0.4 is 10.1 Å². The molecule has 0 saturated carbocycles. The number of halogens is 1. The Morgan fingerprint density at radius 2 is 1.84 bits per heavy atom. The van der Waals surface area contributed by atoms with Gasteiger partial charge in [0.1, 0.15) is 46.7 Å². The van der Waals surface area contributed by atoms with E-state index in [0.29, 0.717) is 57.9 Å². The number of nitrogens with one attached hydrogen (secondary N) is 1. The van der Waals surface area contributed by atoms with Crippen LogP contribution in [0.15, 0.2) is 55.9 Å². The first-order valence-corrected chi connectivity index (χ1v) is 12.0. The molecule has 5 rings (SSSR count). The summed E-state index contributed by atoms with van der Waals surface area (Å²) in [5, 5.41) is 11.5. The predicted octanol–water partition coefficient (Wildman–Crippen LogP) is 6.25. The van der Waals surface area contributed by atoms with E-state index in [0.717, 1.165) is 22.6 Å². The van der Waals surface area contributed by atoms with Crippen LogP contribution in [0.2, 0.25) is 0 Å². The lowest BCUT2D eigenvalue weighted by molar-refractivity contribution is 0.0964. The summed E-state index contributed by atoms with van der Waals surface area (Å²) in [4.78, 5) is 13.0. The molecule has 2 aromatic carbocycles. The van der Waals surface area contributed by atoms with Crippen LogP contribution in [0.5, 0.6) is 5.75 Å². The predicted molar refractivity (Wildman–Crippen MR) is 135 cm³/mol. The van der Waals surface area contributed by atoms with Gasteiger partial charge in [-0.15, -0.1) is 0 Å². The molecule has 0 atom stereocenters. The SMILES string of the molecule is CCc1noc(CC)c1-c1cc2oc(-c3ccc(F)cc3)c(C(=O)NC)c2cc1OCc1cc(C)on1. The van der Waals surface area contributed by atoms with Gasteiger partial charge in [0.2, 0.25) is 0 Å². The van der Waals surface area contributed by atoms with Gasteiger partial charge in [0.25, 0.3) is 5.91 Å². The van der Waals surface area contributed by atoms with Crippen molar-refractivity contribution in [1.29, 1.82) is 0 Å². The standard InChI is InChI=1S/C28H26FN3O5/c1-5-21-25(22(6-2)37-32-21)19-13-24-20(12-23(19)34-14-18-11-15(3)36-31-18)26(28(33)30-4)27(35-24)16-7-9-17(29)10-8-16/h7-13H,5-6,14H2,1-4H3,(H,30,33). The number of carbonyl (C=O) groups excluding carboxylic acids is 1. The zero-order valence-corrected chi connectivity index (χ0v) is 21.0. The average Bonchev–Trinajstić information content (AvgIpc) is 3.62. The highest BCUT2D eigenvalue weighted by Gasteiger charge is 2.26. The monoisotopic (exact) mass is 503 g/mol. The lowest BCUT2D eigenvalue weighted by Gasteiger charge is -2.12. The Labute approximate surface area is 212 Å². The van der Waals surface area contributed by atoms with Crippen LogP contribution in [0.1, 0.15) is 47.1 Å². The molecule has 0 aliphatic heterocycles. The largest absolute Gasteiger partial charge is 0.486 e. The molecule has 3 heterocycles. The van der Waals surface area contributed by atoms with Gasteiger partial charge in [0, 0.05) is 36.0 Å². The smallest absolute Gasteiger partial charge is 0.255 e. The van der Waals surface area contributed by atoms with Crippen LogP contribution in [-0.4, -0.2) is 23.3 Å². The molecule has 190 valence electrons. The molecule has 0 aliphatic rings. The topological polar surface area (TPSA) is 104 Å². The minimum Gasteiger partial charge on any atom is -0.486 e. The second-order valence-corrected chi connectivity index (χ2v) is 8.59. The quantitative estimate of drug-likeness (QED) is 0.267. The van der Waals surface area contributed by atoms with E-state index in [-0.39, 0.29) is 18.3 Å². The van der Waals surface area contributed by atoms with E-state index < -0.39 is 0 Å². The fourth-order valence-electron chi connectivity index (χ4n) is 4.38. The van der Waals surface area contributed by atoms with E-state index in [2.05, 4.69) is 15.6 Å². The summed E-state index contributed by atoms with van der Waals surface area (Å²) < 4.78 is 36.9. The number of hydrogen-bond donors (Lipinski definition) is 1. The number of amides is 1. The van der Waals surface area contributed by atoms with Crippen molar-refractivity contribution in [3.63, 3.8) is 0 Å². The van der Waals surface area contributed by atoms with Crippen molar-refractivity contribution >= 4 is 16.9 Å². The van der Waals surface area contributed by atoms with Crippen molar-refractivity contribution in [2.75, 3.05) is 7.05 Å². The first-order valence-electron chi connectivity index (χ1n) is 12.0. The lowest BCUT2D eigenvalue weighted by Crippen LogP contribution is -2.18. The van der Waals surface area contributed by atoms with Gasteiger partial charge in [-0.3, -0.25) is 4.79 Å². The molecule has 0 radical (unpaired) electrons. The number of aromatic nitrogens is 2. The maximum absolute atomic E-state index is 13.6. The first-order chi connectivity index (χ1) is 17.9. The Hall–Kier alpha value is -4.40. The number of carbonyl (C=O) groups is 1. The molecule has 5 aromatic rings. The van der Waals surface area contributed by atoms with Gasteiger partial charge in [0.05, 0.1) is 16.8 Å². The molecular formula is C28H26FN3O5. The molecule has 1 N–H and O–H groups in total. The van der Waals surface area contributed by atoms with Crippen LogP contribution >= 0.6 is 0 Å². The zero-order chi connectivity index (χ0) is 26.1. The van der Waals surface area contributed by atoms with Crippen molar-refractivity contribution in [2.24, 2.45) is 0 Å². The Morgan fingerprint density at radius 1 is 1.05 bits per heavy atom. The second kappa shape index (κ2) is 9.93. The first kappa shape index (κ1) is 24.3. The van der Waals surface area contributed by atoms with Crippen molar-refractivity contribution in [3.8, 4) is 28.2 Å². The third-order valence-corrected chi connectivity index (χ3v) is 6.16. The minimum atomic E-state index is -0.380. The summed E-state index contributed by atoms with van der Waals surface area (Å²) in [7, 11) is 1.55. The average molecular weight is 504 g/mol. The van der Waals surface area contributed by atoms with E-state index in [9.17, 15) is 9.18 Å². The highest BCUT2D eigenvalue weighted by molar-refractivity contribution is 6.12. The van der Waals surface area contributed by atoms with Gasteiger partial charge < -0.3 is 23.5 Å². The van der Waals surface area contributed by atoms with Crippen LogP contribution in [0.4, 0.5) is 4.39 Å². The number of nitrogens with zero attached hydrogens (tertiary/aromatic N) is 2. The number of fused-ring (bicyclic) bond motifs is 1. The Bertz CT molecular complexity index is 1560. The number of benzene rings is 2. The van der Waals surface area contributed by atoms with Gasteiger partial charge in [0.15, 0.2) is 0 Å². The molecule has 9 heteroatoms. The number of furan rings is 1. The molecule has 0 saturated heterocycles.